The summed E-state index contributed by atoms with van der Waals surface area (Å²) in [6.45, 7) is 4.26. The lowest BCUT2D eigenvalue weighted by molar-refractivity contribution is -0.113. The Morgan fingerprint density at radius 2 is 2.10 bits per heavy atom. The van der Waals surface area contributed by atoms with Crippen molar-refractivity contribution in [3.8, 4) is 0 Å². The summed E-state index contributed by atoms with van der Waals surface area (Å²) in [5.41, 5.74) is 0. The molecule has 7 heteroatoms. The van der Waals surface area contributed by atoms with E-state index >= 15 is 0 Å². The zero-order chi connectivity index (χ0) is 14.4. The van der Waals surface area contributed by atoms with Crippen LogP contribution in [0, 0.1) is 5.92 Å². The average Bonchev–Trinajstić information content (AvgIpc) is 2.84. The van der Waals surface area contributed by atoms with Crippen molar-refractivity contribution >= 4 is 34.1 Å². The highest BCUT2D eigenvalue weighted by atomic mass is 32.2. The molecule has 1 N–H and O–H groups in total. The maximum absolute atomic E-state index is 11.8. The van der Waals surface area contributed by atoms with Crippen LogP contribution in [0.1, 0.15) is 18.9 Å². The zero-order valence-electron chi connectivity index (χ0n) is 11.4. The van der Waals surface area contributed by atoms with Gasteiger partial charge in [-0.3, -0.25) is 15.1 Å². The molecular formula is C13H16N4OS2. The second kappa shape index (κ2) is 7.35. The molecule has 5 nitrogen and oxygen atoms in total. The van der Waals surface area contributed by atoms with Gasteiger partial charge in [-0.1, -0.05) is 25.2 Å². The van der Waals surface area contributed by atoms with Crippen LogP contribution in [-0.4, -0.2) is 26.8 Å². The van der Waals surface area contributed by atoms with E-state index in [4.69, 9.17) is 0 Å². The van der Waals surface area contributed by atoms with Gasteiger partial charge in [-0.15, -0.1) is 22.0 Å². The molecule has 0 aliphatic heterocycles. The first-order chi connectivity index (χ1) is 9.63. The van der Waals surface area contributed by atoms with Gasteiger partial charge in [0.05, 0.1) is 5.75 Å². The van der Waals surface area contributed by atoms with Crippen molar-refractivity contribution < 1.29 is 4.79 Å². The van der Waals surface area contributed by atoms with E-state index in [1.54, 1.807) is 12.4 Å². The van der Waals surface area contributed by atoms with Crippen molar-refractivity contribution in [2.24, 2.45) is 5.92 Å². The number of nitrogens with zero attached hydrogens (tertiary/aromatic N) is 3. The van der Waals surface area contributed by atoms with E-state index in [-0.39, 0.29) is 5.91 Å². The van der Waals surface area contributed by atoms with E-state index in [1.165, 1.54) is 23.1 Å². The average molecular weight is 308 g/mol. The van der Waals surface area contributed by atoms with Crippen molar-refractivity contribution in [2.45, 2.75) is 25.2 Å². The Bertz CT molecular complexity index is 557. The zero-order valence-corrected chi connectivity index (χ0v) is 13.0. The number of amides is 1. The second-order valence-corrected chi connectivity index (χ2v) is 6.73. The summed E-state index contributed by atoms with van der Waals surface area (Å²) in [4.78, 5) is 16.8. The van der Waals surface area contributed by atoms with Gasteiger partial charge >= 0.3 is 0 Å². The normalized spacial score (nSPS) is 10.8. The number of anilines is 1. The number of carbonyl (C=O) groups excluding carboxylic acids is 1. The molecule has 0 unspecified atom stereocenters. The Balaban J connectivity index is 1.81. The smallest absolute Gasteiger partial charge is 0.236 e. The van der Waals surface area contributed by atoms with Crippen molar-refractivity contribution in [3.05, 3.63) is 29.5 Å². The van der Waals surface area contributed by atoms with Gasteiger partial charge in [-0.05, 0) is 18.1 Å². The Morgan fingerprint density at radius 3 is 2.80 bits per heavy atom. The minimum Gasteiger partial charge on any atom is -0.300 e. The highest BCUT2D eigenvalue weighted by Gasteiger charge is 2.09. The summed E-state index contributed by atoms with van der Waals surface area (Å²) in [5.74, 6) is 0.816. The lowest BCUT2D eigenvalue weighted by Gasteiger charge is -2.01. The molecule has 0 aliphatic rings. The molecule has 0 fully saturated rings. The maximum atomic E-state index is 11.8. The van der Waals surface area contributed by atoms with Gasteiger partial charge < -0.3 is 0 Å². The SMILES string of the molecule is CC(C)Cc1nnc(NC(=O)CSc2ccncc2)s1. The Kier molecular flexibility index (Phi) is 5.49. The summed E-state index contributed by atoms with van der Waals surface area (Å²) in [7, 11) is 0. The summed E-state index contributed by atoms with van der Waals surface area (Å²) in [5, 5.41) is 12.3. The molecule has 0 saturated heterocycles. The van der Waals surface area contributed by atoms with Gasteiger partial charge in [0.2, 0.25) is 11.0 Å². The molecule has 0 spiro atoms. The third kappa shape index (κ3) is 4.90. The van der Waals surface area contributed by atoms with E-state index in [1.807, 2.05) is 12.1 Å². The minimum atomic E-state index is -0.0703. The molecule has 0 saturated carbocycles. The van der Waals surface area contributed by atoms with Crippen molar-refractivity contribution in [1.29, 1.82) is 0 Å². The number of aromatic nitrogens is 3. The number of pyridine rings is 1. The van der Waals surface area contributed by atoms with Crippen LogP contribution in [0.25, 0.3) is 0 Å². The van der Waals surface area contributed by atoms with Crippen LogP contribution < -0.4 is 5.32 Å². The number of hydrogen-bond donors (Lipinski definition) is 1. The molecule has 2 aromatic rings. The number of nitrogens with one attached hydrogen (secondary N) is 1. The van der Waals surface area contributed by atoms with Crippen LogP contribution in [-0.2, 0) is 11.2 Å². The fraction of sp³-hybridized carbons (Fsp3) is 0.385. The van der Waals surface area contributed by atoms with Gasteiger partial charge in [0.15, 0.2) is 0 Å². The van der Waals surface area contributed by atoms with Gasteiger partial charge in [-0.25, -0.2) is 0 Å². The molecule has 0 aromatic carbocycles. The fourth-order valence-electron chi connectivity index (χ4n) is 1.47. The largest absolute Gasteiger partial charge is 0.300 e. The minimum absolute atomic E-state index is 0.0703. The lowest BCUT2D eigenvalue weighted by Crippen LogP contribution is -2.13. The van der Waals surface area contributed by atoms with Crippen LogP contribution in [0.4, 0.5) is 5.13 Å². The first kappa shape index (κ1) is 14.9. The number of hydrogen-bond acceptors (Lipinski definition) is 6. The van der Waals surface area contributed by atoms with Gasteiger partial charge in [0.25, 0.3) is 0 Å². The Morgan fingerprint density at radius 1 is 1.35 bits per heavy atom. The molecule has 0 bridgehead atoms. The third-order valence-electron chi connectivity index (χ3n) is 2.32. The summed E-state index contributed by atoms with van der Waals surface area (Å²) in [6, 6.07) is 3.76. The monoisotopic (exact) mass is 308 g/mol. The maximum Gasteiger partial charge on any atom is 0.236 e. The molecular weight excluding hydrogens is 292 g/mol. The second-order valence-electron chi connectivity index (χ2n) is 4.62. The molecule has 2 aromatic heterocycles. The molecule has 2 heterocycles. The van der Waals surface area contributed by atoms with Crippen LogP contribution in [0.2, 0.25) is 0 Å². The highest BCUT2D eigenvalue weighted by Crippen LogP contribution is 2.20. The quantitative estimate of drug-likeness (QED) is 0.831. The topological polar surface area (TPSA) is 67.8 Å². The van der Waals surface area contributed by atoms with Crippen LogP contribution in [0.5, 0.6) is 0 Å². The number of thioether (sulfide) groups is 1. The Hall–Kier alpha value is -1.47. The van der Waals surface area contributed by atoms with Crippen molar-refractivity contribution in [3.63, 3.8) is 0 Å². The molecule has 2 rings (SSSR count). The molecule has 1 amide bonds. The van der Waals surface area contributed by atoms with E-state index in [0.29, 0.717) is 16.8 Å². The molecule has 0 atom stereocenters. The summed E-state index contributed by atoms with van der Waals surface area (Å²) >= 11 is 2.91. The number of carbonyl (C=O) groups is 1. The summed E-state index contributed by atoms with van der Waals surface area (Å²) < 4.78 is 0. The predicted octanol–water partition coefficient (Wildman–Crippen LogP) is 2.86. The molecule has 0 aliphatic carbocycles. The first-order valence-electron chi connectivity index (χ1n) is 6.28. The van der Waals surface area contributed by atoms with Crippen LogP contribution >= 0.6 is 23.1 Å². The van der Waals surface area contributed by atoms with Gasteiger partial charge in [-0.2, -0.15) is 0 Å². The van der Waals surface area contributed by atoms with Gasteiger partial charge in [0, 0.05) is 23.7 Å². The van der Waals surface area contributed by atoms with E-state index in [9.17, 15) is 4.79 Å². The van der Waals surface area contributed by atoms with Crippen molar-refractivity contribution in [2.75, 3.05) is 11.1 Å². The van der Waals surface area contributed by atoms with E-state index < -0.39 is 0 Å². The van der Waals surface area contributed by atoms with Gasteiger partial charge in [0.1, 0.15) is 5.01 Å². The standard InChI is InChI=1S/C13H16N4OS2/c1-9(2)7-12-16-17-13(20-12)15-11(18)8-19-10-3-5-14-6-4-10/h3-6,9H,7-8H2,1-2H3,(H,15,17,18). The van der Waals surface area contributed by atoms with E-state index in [0.717, 1.165) is 16.3 Å². The molecule has 0 radical (unpaired) electrons. The molecule has 106 valence electrons. The first-order valence-corrected chi connectivity index (χ1v) is 8.08. The van der Waals surface area contributed by atoms with E-state index in [2.05, 4.69) is 34.3 Å². The van der Waals surface area contributed by atoms with Crippen molar-refractivity contribution in [1.82, 2.24) is 15.2 Å². The van der Waals surface area contributed by atoms with Crippen LogP contribution in [0.15, 0.2) is 29.4 Å². The highest BCUT2D eigenvalue weighted by molar-refractivity contribution is 8.00. The predicted molar refractivity (Wildman–Crippen MR) is 82.0 cm³/mol. The number of rotatable bonds is 6. The molecule has 20 heavy (non-hydrogen) atoms. The fourth-order valence-corrected chi connectivity index (χ4v) is 3.13. The third-order valence-corrected chi connectivity index (χ3v) is 4.19. The Labute approximate surface area is 126 Å². The lowest BCUT2D eigenvalue weighted by atomic mass is 10.1. The van der Waals surface area contributed by atoms with Crippen LogP contribution in [0.3, 0.4) is 0 Å². The summed E-state index contributed by atoms with van der Waals surface area (Å²) in [6.07, 6.45) is 4.31.